The molecule has 3 heterocycles. The Kier molecular flexibility index (Phi) is 3.02. The Balaban J connectivity index is 1.65. The molecule has 2 aromatic carbocycles. The summed E-state index contributed by atoms with van der Waals surface area (Å²) in [5.41, 5.74) is 4.45. The minimum absolute atomic E-state index is 0.623. The van der Waals surface area contributed by atoms with Gasteiger partial charge in [0.05, 0.1) is 0 Å². The molecule has 5 aromatic rings. The van der Waals surface area contributed by atoms with E-state index in [-0.39, 0.29) is 0 Å². The molecule has 0 saturated heterocycles. The van der Waals surface area contributed by atoms with Crippen LogP contribution in [-0.2, 0) is 0 Å². The molecule has 122 valence electrons. The fourth-order valence-electron chi connectivity index (χ4n) is 2.85. The predicted molar refractivity (Wildman–Crippen MR) is 98.8 cm³/mol. The molecule has 0 radical (unpaired) electrons. The normalized spacial score (nSPS) is 11.6. The summed E-state index contributed by atoms with van der Waals surface area (Å²) in [5, 5.41) is 15.2. The molecule has 6 heteroatoms. The van der Waals surface area contributed by atoms with Gasteiger partial charge in [-0.15, -0.1) is 10.2 Å². The third-order valence-electron chi connectivity index (χ3n) is 4.39. The van der Waals surface area contributed by atoms with Gasteiger partial charge in [-0.2, -0.15) is 9.61 Å². The van der Waals surface area contributed by atoms with E-state index in [1.54, 1.807) is 4.52 Å². The van der Waals surface area contributed by atoms with Gasteiger partial charge in [-0.05, 0) is 43.2 Å². The standard InChI is InChI=1S/C19H14N4OS/c1-11-7-8-14(9-12(11)2)18-22-23-17(20-21-19(23)25-18)16-10-13-5-3-4-6-15(13)24-16/h3-10H,1-2H3. The van der Waals surface area contributed by atoms with E-state index in [0.29, 0.717) is 11.6 Å². The maximum Gasteiger partial charge on any atom is 0.235 e. The van der Waals surface area contributed by atoms with E-state index in [2.05, 4.69) is 42.2 Å². The maximum absolute atomic E-state index is 5.91. The van der Waals surface area contributed by atoms with Crippen LogP contribution in [0.4, 0.5) is 0 Å². The predicted octanol–water partition coefficient (Wildman–Crippen LogP) is 4.88. The van der Waals surface area contributed by atoms with E-state index in [4.69, 9.17) is 9.52 Å². The minimum atomic E-state index is 0.623. The van der Waals surface area contributed by atoms with Crippen LogP contribution >= 0.6 is 11.3 Å². The van der Waals surface area contributed by atoms with Crippen molar-refractivity contribution in [3.05, 3.63) is 59.7 Å². The zero-order valence-electron chi connectivity index (χ0n) is 13.7. The molecular weight excluding hydrogens is 332 g/mol. The van der Waals surface area contributed by atoms with Gasteiger partial charge in [-0.25, -0.2) is 0 Å². The van der Waals surface area contributed by atoms with Gasteiger partial charge in [0.25, 0.3) is 0 Å². The van der Waals surface area contributed by atoms with Gasteiger partial charge in [-0.3, -0.25) is 0 Å². The van der Waals surface area contributed by atoms with Gasteiger partial charge in [-0.1, -0.05) is 41.7 Å². The topological polar surface area (TPSA) is 56.2 Å². The fourth-order valence-corrected chi connectivity index (χ4v) is 3.69. The number of fused-ring (bicyclic) bond motifs is 2. The molecular formula is C19H14N4OS. The second-order valence-corrected chi connectivity index (χ2v) is 7.03. The van der Waals surface area contributed by atoms with Crippen LogP contribution in [0.1, 0.15) is 11.1 Å². The van der Waals surface area contributed by atoms with Gasteiger partial charge in [0, 0.05) is 10.9 Å². The molecule has 0 unspecified atom stereocenters. The Morgan fingerprint density at radius 2 is 1.84 bits per heavy atom. The number of rotatable bonds is 2. The van der Waals surface area contributed by atoms with Crippen molar-refractivity contribution in [1.29, 1.82) is 0 Å². The molecule has 0 bridgehead atoms. The summed E-state index contributed by atoms with van der Waals surface area (Å²) in [6.45, 7) is 4.22. The highest BCUT2D eigenvalue weighted by atomic mass is 32.1. The van der Waals surface area contributed by atoms with Crippen molar-refractivity contribution in [2.45, 2.75) is 13.8 Å². The van der Waals surface area contributed by atoms with Crippen LogP contribution in [0.15, 0.2) is 52.9 Å². The number of hydrogen-bond donors (Lipinski definition) is 0. The average molecular weight is 346 g/mol. The lowest BCUT2D eigenvalue weighted by Crippen LogP contribution is -1.90. The highest BCUT2D eigenvalue weighted by Gasteiger charge is 2.17. The second-order valence-electron chi connectivity index (χ2n) is 6.07. The van der Waals surface area contributed by atoms with Crippen molar-refractivity contribution in [3.8, 4) is 22.2 Å². The molecule has 5 nitrogen and oxygen atoms in total. The van der Waals surface area contributed by atoms with Gasteiger partial charge >= 0.3 is 0 Å². The van der Waals surface area contributed by atoms with Crippen LogP contribution in [0.2, 0.25) is 0 Å². The highest BCUT2D eigenvalue weighted by Crippen LogP contribution is 2.31. The van der Waals surface area contributed by atoms with Crippen LogP contribution in [0.5, 0.6) is 0 Å². The molecule has 0 atom stereocenters. The van der Waals surface area contributed by atoms with E-state index in [9.17, 15) is 0 Å². The smallest absolute Gasteiger partial charge is 0.235 e. The molecule has 0 aliphatic heterocycles. The summed E-state index contributed by atoms with van der Waals surface area (Å²) in [5.74, 6) is 1.29. The number of hydrogen-bond acceptors (Lipinski definition) is 5. The van der Waals surface area contributed by atoms with Crippen molar-refractivity contribution in [2.75, 3.05) is 0 Å². The molecule has 0 N–H and O–H groups in total. The van der Waals surface area contributed by atoms with Crippen molar-refractivity contribution in [2.24, 2.45) is 0 Å². The van der Waals surface area contributed by atoms with Crippen LogP contribution in [0, 0.1) is 13.8 Å². The first-order valence-corrected chi connectivity index (χ1v) is 8.79. The van der Waals surface area contributed by atoms with Gasteiger partial charge in [0.15, 0.2) is 5.76 Å². The molecule has 0 aliphatic rings. The van der Waals surface area contributed by atoms with E-state index in [1.165, 1.54) is 22.5 Å². The molecule has 0 fully saturated rings. The maximum atomic E-state index is 5.91. The Labute approximate surface area is 147 Å². The summed E-state index contributed by atoms with van der Waals surface area (Å²) >= 11 is 1.52. The Morgan fingerprint density at radius 3 is 2.68 bits per heavy atom. The zero-order chi connectivity index (χ0) is 17.0. The molecule has 5 rings (SSSR count). The van der Waals surface area contributed by atoms with Crippen LogP contribution < -0.4 is 0 Å². The molecule has 3 aromatic heterocycles. The first-order valence-electron chi connectivity index (χ1n) is 7.98. The molecule has 25 heavy (non-hydrogen) atoms. The molecule has 0 spiro atoms. The van der Waals surface area contributed by atoms with E-state index < -0.39 is 0 Å². The first kappa shape index (κ1) is 14.4. The minimum Gasteiger partial charge on any atom is -0.453 e. The first-order chi connectivity index (χ1) is 12.2. The van der Waals surface area contributed by atoms with Crippen LogP contribution in [-0.4, -0.2) is 19.8 Å². The Hall–Kier alpha value is -2.99. The Bertz CT molecular complexity index is 1200. The summed E-state index contributed by atoms with van der Waals surface area (Å²) in [6.07, 6.45) is 0. The average Bonchev–Trinajstić information content (AvgIpc) is 3.29. The lowest BCUT2D eigenvalue weighted by molar-refractivity contribution is 0.622. The van der Waals surface area contributed by atoms with E-state index >= 15 is 0 Å². The van der Waals surface area contributed by atoms with E-state index in [1.807, 2.05) is 30.3 Å². The van der Waals surface area contributed by atoms with Crippen molar-refractivity contribution in [3.63, 3.8) is 0 Å². The molecule has 0 amide bonds. The lowest BCUT2D eigenvalue weighted by Gasteiger charge is -2.01. The zero-order valence-corrected chi connectivity index (χ0v) is 14.5. The highest BCUT2D eigenvalue weighted by molar-refractivity contribution is 7.19. The summed E-state index contributed by atoms with van der Waals surface area (Å²) in [6, 6.07) is 16.2. The lowest BCUT2D eigenvalue weighted by atomic mass is 10.1. The number of furan rings is 1. The van der Waals surface area contributed by atoms with Crippen molar-refractivity contribution in [1.82, 2.24) is 19.8 Å². The van der Waals surface area contributed by atoms with Crippen LogP contribution in [0.3, 0.4) is 0 Å². The quantitative estimate of drug-likeness (QED) is 0.457. The number of para-hydroxylation sites is 1. The number of nitrogens with zero attached hydrogens (tertiary/aromatic N) is 4. The van der Waals surface area contributed by atoms with E-state index in [0.717, 1.165) is 26.5 Å². The van der Waals surface area contributed by atoms with Gasteiger partial charge in [0.2, 0.25) is 10.8 Å². The Morgan fingerprint density at radius 1 is 0.960 bits per heavy atom. The number of aryl methyl sites for hydroxylation is 2. The van der Waals surface area contributed by atoms with Gasteiger partial charge in [0.1, 0.15) is 10.6 Å². The van der Waals surface area contributed by atoms with Gasteiger partial charge < -0.3 is 4.42 Å². The summed E-state index contributed by atoms with van der Waals surface area (Å²) < 4.78 is 7.67. The number of aromatic nitrogens is 4. The van der Waals surface area contributed by atoms with Crippen molar-refractivity contribution >= 4 is 27.3 Å². The largest absolute Gasteiger partial charge is 0.453 e. The van der Waals surface area contributed by atoms with Crippen LogP contribution in [0.25, 0.3) is 38.1 Å². The summed E-state index contributed by atoms with van der Waals surface area (Å²) in [7, 11) is 0. The molecule has 0 saturated carbocycles. The number of benzene rings is 2. The molecule has 0 aliphatic carbocycles. The fraction of sp³-hybridized carbons (Fsp3) is 0.105. The monoisotopic (exact) mass is 346 g/mol. The second kappa shape index (κ2) is 5.26. The SMILES string of the molecule is Cc1ccc(-c2nn3c(-c4cc5ccccc5o4)nnc3s2)cc1C. The third-order valence-corrected chi connectivity index (χ3v) is 5.34. The third kappa shape index (κ3) is 2.26. The van der Waals surface area contributed by atoms with Crippen molar-refractivity contribution < 1.29 is 4.42 Å². The summed E-state index contributed by atoms with van der Waals surface area (Å²) in [4.78, 5) is 0.753.